The molecule has 0 saturated carbocycles. The van der Waals surface area contributed by atoms with Crippen molar-refractivity contribution in [2.45, 2.75) is 13.5 Å². The van der Waals surface area contributed by atoms with Crippen LogP contribution < -0.4 is 0 Å². The smallest absolute Gasteiger partial charge is 0.168 e. The molecule has 0 unspecified atom stereocenters. The van der Waals surface area contributed by atoms with Gasteiger partial charge in [0.2, 0.25) is 0 Å². The van der Waals surface area contributed by atoms with Crippen molar-refractivity contribution in [2.75, 3.05) is 0 Å². The molecule has 0 aliphatic heterocycles. The van der Waals surface area contributed by atoms with Gasteiger partial charge in [-0.1, -0.05) is 11.6 Å². The van der Waals surface area contributed by atoms with E-state index in [1.54, 1.807) is 0 Å². The van der Waals surface area contributed by atoms with Crippen molar-refractivity contribution in [1.82, 2.24) is 0 Å². The minimum Gasteiger partial charge on any atom is -0.505 e. The molecule has 1 aromatic carbocycles. The third-order valence-electron chi connectivity index (χ3n) is 1.72. The van der Waals surface area contributed by atoms with Crippen molar-refractivity contribution in [3.63, 3.8) is 0 Å². The lowest BCUT2D eigenvalue weighted by Crippen LogP contribution is -1.94. The number of aliphatic hydroxyl groups is 1. The van der Waals surface area contributed by atoms with Gasteiger partial charge in [0.1, 0.15) is 0 Å². The van der Waals surface area contributed by atoms with Crippen LogP contribution >= 0.6 is 11.6 Å². The van der Waals surface area contributed by atoms with E-state index in [4.69, 9.17) is 21.8 Å². The zero-order chi connectivity index (χ0) is 9.30. The van der Waals surface area contributed by atoms with E-state index in [9.17, 15) is 4.39 Å². The summed E-state index contributed by atoms with van der Waals surface area (Å²) in [5.41, 5.74) is 0.495. The molecule has 66 valence electrons. The van der Waals surface area contributed by atoms with Crippen LogP contribution in [0.5, 0.6) is 5.75 Å². The molecule has 0 aliphatic carbocycles. The van der Waals surface area contributed by atoms with Crippen LogP contribution in [0.25, 0.3) is 0 Å². The number of halogens is 2. The van der Waals surface area contributed by atoms with Crippen LogP contribution in [0.4, 0.5) is 4.39 Å². The maximum Gasteiger partial charge on any atom is 0.168 e. The summed E-state index contributed by atoms with van der Waals surface area (Å²) in [5, 5.41) is 17.9. The van der Waals surface area contributed by atoms with E-state index < -0.39 is 11.6 Å². The number of hydrogen-bond acceptors (Lipinski definition) is 2. The molecular formula is C8H8ClFO2. The van der Waals surface area contributed by atoms with Crippen molar-refractivity contribution in [1.29, 1.82) is 0 Å². The summed E-state index contributed by atoms with van der Waals surface area (Å²) >= 11 is 5.62. The number of phenolic OH excluding ortho intramolecular Hbond substituents is 1. The van der Waals surface area contributed by atoms with Gasteiger partial charge in [0.05, 0.1) is 11.6 Å². The molecule has 0 heterocycles. The van der Waals surface area contributed by atoms with E-state index in [0.29, 0.717) is 5.56 Å². The summed E-state index contributed by atoms with van der Waals surface area (Å²) < 4.78 is 12.9. The fourth-order valence-electron chi connectivity index (χ4n) is 0.968. The first-order valence-electron chi connectivity index (χ1n) is 3.35. The molecule has 0 amide bonds. The summed E-state index contributed by atoms with van der Waals surface area (Å²) in [6.07, 6.45) is 0. The average Bonchev–Trinajstić information content (AvgIpc) is 2.01. The predicted octanol–water partition coefficient (Wildman–Crippen LogP) is 1.99. The molecule has 0 fully saturated rings. The minimum absolute atomic E-state index is 0.175. The highest BCUT2D eigenvalue weighted by Gasteiger charge is 2.12. The van der Waals surface area contributed by atoms with E-state index in [1.165, 1.54) is 6.92 Å². The van der Waals surface area contributed by atoms with Crippen molar-refractivity contribution < 1.29 is 14.6 Å². The third kappa shape index (κ3) is 1.38. The number of aliphatic hydroxyl groups excluding tert-OH is 1. The van der Waals surface area contributed by atoms with Crippen molar-refractivity contribution in [3.8, 4) is 5.75 Å². The Bertz CT molecular complexity index is 312. The summed E-state index contributed by atoms with van der Waals surface area (Å²) in [7, 11) is 0. The first kappa shape index (κ1) is 9.29. The van der Waals surface area contributed by atoms with Crippen LogP contribution in [-0.4, -0.2) is 10.2 Å². The van der Waals surface area contributed by atoms with Gasteiger partial charge in [-0.3, -0.25) is 0 Å². The van der Waals surface area contributed by atoms with E-state index in [-0.39, 0.29) is 17.2 Å². The molecule has 12 heavy (non-hydrogen) atoms. The molecule has 4 heteroatoms. The Kier molecular flexibility index (Phi) is 2.55. The fourth-order valence-corrected chi connectivity index (χ4v) is 1.27. The molecule has 0 aromatic heterocycles. The van der Waals surface area contributed by atoms with Crippen molar-refractivity contribution in [2.24, 2.45) is 0 Å². The van der Waals surface area contributed by atoms with Gasteiger partial charge in [0.25, 0.3) is 0 Å². The normalized spacial score (nSPS) is 10.3. The van der Waals surface area contributed by atoms with E-state index in [0.717, 1.165) is 6.07 Å². The van der Waals surface area contributed by atoms with Crippen LogP contribution in [0.3, 0.4) is 0 Å². The van der Waals surface area contributed by atoms with Crippen molar-refractivity contribution >= 4 is 11.6 Å². The van der Waals surface area contributed by atoms with E-state index in [1.807, 2.05) is 0 Å². The van der Waals surface area contributed by atoms with Gasteiger partial charge in [-0.2, -0.15) is 0 Å². The highest BCUT2D eigenvalue weighted by atomic mass is 35.5. The standard InChI is InChI=1S/C8H8ClFO2/c1-4-5(3-11)6(9)2-7(12)8(4)10/h2,11-12H,3H2,1H3. The minimum atomic E-state index is -0.733. The lowest BCUT2D eigenvalue weighted by atomic mass is 10.1. The Balaban J connectivity index is 3.40. The monoisotopic (exact) mass is 190 g/mol. The zero-order valence-corrected chi connectivity index (χ0v) is 7.19. The Hall–Kier alpha value is -0.800. The van der Waals surface area contributed by atoms with Gasteiger partial charge in [-0.15, -0.1) is 0 Å². The van der Waals surface area contributed by atoms with Gasteiger partial charge >= 0.3 is 0 Å². The van der Waals surface area contributed by atoms with Gasteiger partial charge in [0.15, 0.2) is 11.6 Å². The quantitative estimate of drug-likeness (QED) is 0.711. The SMILES string of the molecule is Cc1c(F)c(O)cc(Cl)c1CO. The maximum absolute atomic E-state index is 12.9. The third-order valence-corrected chi connectivity index (χ3v) is 2.05. The van der Waals surface area contributed by atoms with Crippen molar-refractivity contribution in [3.05, 3.63) is 28.0 Å². The first-order valence-corrected chi connectivity index (χ1v) is 3.73. The Morgan fingerprint density at radius 3 is 2.67 bits per heavy atom. The van der Waals surface area contributed by atoms with Gasteiger partial charge in [0, 0.05) is 11.6 Å². The van der Waals surface area contributed by atoms with Gasteiger partial charge < -0.3 is 10.2 Å². The maximum atomic E-state index is 12.9. The largest absolute Gasteiger partial charge is 0.505 e. The second-order valence-corrected chi connectivity index (χ2v) is 2.86. The molecule has 2 nitrogen and oxygen atoms in total. The van der Waals surface area contributed by atoms with Gasteiger partial charge in [-0.25, -0.2) is 4.39 Å². The molecule has 0 atom stereocenters. The van der Waals surface area contributed by atoms with E-state index in [2.05, 4.69) is 0 Å². The summed E-state index contributed by atoms with van der Waals surface area (Å²) in [5.74, 6) is -1.22. The second kappa shape index (κ2) is 3.29. The van der Waals surface area contributed by atoms with Crippen LogP contribution in [-0.2, 0) is 6.61 Å². The lowest BCUT2D eigenvalue weighted by Gasteiger charge is -2.07. The highest BCUT2D eigenvalue weighted by Crippen LogP contribution is 2.29. The topological polar surface area (TPSA) is 40.5 Å². The average molecular weight is 191 g/mol. The number of hydrogen-bond donors (Lipinski definition) is 2. The lowest BCUT2D eigenvalue weighted by molar-refractivity contribution is 0.280. The molecule has 1 aromatic rings. The molecule has 0 aliphatic rings. The molecule has 1 rings (SSSR count). The number of rotatable bonds is 1. The van der Waals surface area contributed by atoms with E-state index >= 15 is 0 Å². The Morgan fingerprint density at radius 2 is 2.17 bits per heavy atom. The summed E-state index contributed by atoms with van der Waals surface area (Å²) in [4.78, 5) is 0. The van der Waals surface area contributed by atoms with Crippen LogP contribution in [0.1, 0.15) is 11.1 Å². The molecule has 0 saturated heterocycles. The molecule has 0 bridgehead atoms. The molecule has 2 N–H and O–H groups in total. The van der Waals surface area contributed by atoms with Gasteiger partial charge in [-0.05, 0) is 12.5 Å². The number of aromatic hydroxyl groups is 1. The van der Waals surface area contributed by atoms with Crippen LogP contribution in [0.15, 0.2) is 6.07 Å². The summed E-state index contributed by atoms with van der Waals surface area (Å²) in [6.45, 7) is 1.12. The molecule has 0 radical (unpaired) electrons. The summed E-state index contributed by atoms with van der Waals surface area (Å²) in [6, 6.07) is 1.08. The van der Waals surface area contributed by atoms with Crippen LogP contribution in [0, 0.1) is 12.7 Å². The second-order valence-electron chi connectivity index (χ2n) is 2.45. The molecule has 0 spiro atoms. The first-order chi connectivity index (χ1) is 5.57. The predicted molar refractivity (Wildman–Crippen MR) is 43.7 cm³/mol. The Morgan fingerprint density at radius 1 is 1.58 bits per heavy atom. The zero-order valence-electron chi connectivity index (χ0n) is 6.43. The molecular weight excluding hydrogens is 183 g/mol. The van der Waals surface area contributed by atoms with Crippen LogP contribution in [0.2, 0.25) is 5.02 Å². The number of benzene rings is 1. The highest BCUT2D eigenvalue weighted by molar-refractivity contribution is 6.31. The number of phenols is 1. The Labute approximate surface area is 74.2 Å². The fraction of sp³-hybridized carbons (Fsp3) is 0.250.